The van der Waals surface area contributed by atoms with Crippen LogP contribution in [0.15, 0.2) is 30.3 Å². The first-order valence-electron chi connectivity index (χ1n) is 31.5. The molecule has 0 spiro atoms. The molecule has 8 nitrogen and oxygen atoms in total. The first-order chi connectivity index (χ1) is 35.0. The van der Waals surface area contributed by atoms with Crippen LogP contribution in [0.2, 0.25) is 0 Å². The normalized spacial score (nSPS) is 40.0. The molecule has 15 fully saturated rings. The molecule has 1 saturated heterocycles. The highest BCUT2D eigenvalue weighted by Gasteiger charge is 2.54. The van der Waals surface area contributed by atoms with E-state index in [0.29, 0.717) is 34.6 Å². The molecule has 406 valence electrons. The molecule has 12 bridgehead atoms. The minimum absolute atomic E-state index is 0.00341. The van der Waals surface area contributed by atoms with E-state index in [1.165, 1.54) is 206 Å². The van der Waals surface area contributed by atoms with Gasteiger partial charge in [-0.1, -0.05) is 89.6 Å². The average molecular weight is 996 g/mol. The summed E-state index contributed by atoms with van der Waals surface area (Å²) in [5.74, 6) is 10.3. The van der Waals surface area contributed by atoms with Crippen molar-refractivity contribution in [2.24, 2.45) is 81.3 Å². The second-order valence-corrected chi connectivity index (χ2v) is 28.2. The highest BCUT2D eigenvalue weighted by atomic mass is 16.6. The lowest BCUT2D eigenvalue weighted by Gasteiger charge is -2.57. The lowest BCUT2D eigenvalue weighted by atomic mass is 9.49. The van der Waals surface area contributed by atoms with Crippen LogP contribution in [0.3, 0.4) is 0 Å². The van der Waals surface area contributed by atoms with E-state index in [0.717, 1.165) is 85.0 Å². The number of carbonyl (C=O) groups is 1. The van der Waals surface area contributed by atoms with Gasteiger partial charge in [0.05, 0.1) is 18.8 Å². The third kappa shape index (κ3) is 13.3. The number of aliphatic hydroxyl groups is 2. The van der Waals surface area contributed by atoms with Crippen molar-refractivity contribution in [2.75, 3.05) is 58.9 Å². The summed E-state index contributed by atoms with van der Waals surface area (Å²) in [5.41, 5.74) is 2.65. The highest BCUT2D eigenvalue weighted by Crippen LogP contribution is 2.62. The topological polar surface area (TPSA) is 97.3 Å². The van der Waals surface area contributed by atoms with Crippen LogP contribution in [0.1, 0.15) is 212 Å². The molecule has 72 heavy (non-hydrogen) atoms. The molecular weight excluding hydrogens is 889 g/mol. The van der Waals surface area contributed by atoms with Gasteiger partial charge in [-0.15, -0.1) is 0 Å². The summed E-state index contributed by atoms with van der Waals surface area (Å²) in [7, 11) is 0. The monoisotopic (exact) mass is 995 g/mol. The number of amides is 1. The van der Waals surface area contributed by atoms with Crippen LogP contribution in [-0.2, 0) is 4.74 Å². The number of cyclic esters (lactones) is 1. The number of ether oxygens (including phenoxy) is 1. The van der Waals surface area contributed by atoms with Crippen molar-refractivity contribution in [1.29, 1.82) is 0 Å². The van der Waals surface area contributed by atoms with Gasteiger partial charge in [0.15, 0.2) is 0 Å². The van der Waals surface area contributed by atoms with E-state index in [2.05, 4.69) is 41.2 Å². The predicted molar refractivity (Wildman–Crippen MR) is 293 cm³/mol. The number of hydrogen-bond acceptors (Lipinski definition) is 7. The van der Waals surface area contributed by atoms with E-state index in [9.17, 15) is 15.0 Å². The van der Waals surface area contributed by atoms with E-state index in [4.69, 9.17) is 4.74 Å². The van der Waals surface area contributed by atoms with Crippen molar-refractivity contribution >= 4 is 6.09 Å². The van der Waals surface area contributed by atoms with Gasteiger partial charge < -0.3 is 35.4 Å². The van der Waals surface area contributed by atoms with Crippen molar-refractivity contribution in [3.05, 3.63) is 35.9 Å². The molecule has 15 aliphatic rings. The number of rotatable bonds is 16. The fraction of sp³-hybridized carbons (Fsp3) is 0.891. The molecule has 1 heterocycles. The van der Waals surface area contributed by atoms with Gasteiger partial charge >= 0.3 is 6.09 Å². The largest absolute Gasteiger partial charge is 0.444 e. The standard InChI is InChI=1S/C20H31NO2.C19H33NO.C19H27NO.C6H15N/c22-19-21(12-18(23-19)17-4-2-1-3-5-17)13-20-9-14-6-15(10-20)8-16(7-14)11-20;2*21-18(17-4-2-1-3-5-17)12-20-13-19-9-14-6-15(10-19)8-16(7-14)11-19;1-4-7(5-2)6-3/h14-18H,1-13H2;14-18,20-21H,1-13H2;1-5,14-16,18,20-21H,6-13H2;4-6H2,1-3H3/t14?,15?,16?,18-,20?;2*14?,15?,16?,18-,19?;/m111./s1. The second-order valence-electron chi connectivity index (χ2n) is 28.2. The Morgan fingerprint density at radius 1 is 0.569 bits per heavy atom. The Balaban J connectivity index is 0.000000117. The SMILES string of the molecule is CCN(CC)CC.O=C1O[C@@H](C2CCCCC2)CN1CC12CC3CC(CC(C3)C1)C2.O[C@H](CNCC12CC3CC(CC(C3)C1)C2)C1CCCCC1.O[C@H](CNCC12CC3CC(CC(C3)C1)C2)c1ccccc1. The van der Waals surface area contributed by atoms with Crippen molar-refractivity contribution < 1.29 is 19.7 Å². The van der Waals surface area contributed by atoms with Crippen molar-refractivity contribution in [1.82, 2.24) is 20.4 Å². The number of carbonyl (C=O) groups excluding carboxylic acids is 1. The maximum absolute atomic E-state index is 12.5. The number of nitrogens with zero attached hydrogens (tertiary/aromatic N) is 2. The van der Waals surface area contributed by atoms with Crippen LogP contribution in [0.25, 0.3) is 0 Å². The summed E-state index contributed by atoms with van der Waals surface area (Å²) in [6.07, 6.45) is 39.3. The molecule has 1 aromatic rings. The molecule has 0 aromatic heterocycles. The van der Waals surface area contributed by atoms with Gasteiger partial charge in [-0.3, -0.25) is 0 Å². The Bertz CT molecular complexity index is 1710. The summed E-state index contributed by atoms with van der Waals surface area (Å²) in [6.45, 7) is 15.8. The van der Waals surface area contributed by atoms with E-state index < -0.39 is 0 Å². The van der Waals surface area contributed by atoms with Gasteiger partial charge in [-0.2, -0.15) is 0 Å². The van der Waals surface area contributed by atoms with Crippen LogP contribution in [-0.4, -0.2) is 97.2 Å². The van der Waals surface area contributed by atoms with Gasteiger partial charge in [0.2, 0.25) is 0 Å². The van der Waals surface area contributed by atoms with E-state index in [-0.39, 0.29) is 24.4 Å². The van der Waals surface area contributed by atoms with Gasteiger partial charge in [0, 0.05) is 32.7 Å². The Hall–Kier alpha value is -1.71. The molecule has 16 rings (SSSR count). The summed E-state index contributed by atoms with van der Waals surface area (Å²) in [5, 5.41) is 28.0. The molecule has 8 heteroatoms. The van der Waals surface area contributed by atoms with Crippen LogP contribution >= 0.6 is 0 Å². The molecule has 14 saturated carbocycles. The van der Waals surface area contributed by atoms with Crippen LogP contribution in [0, 0.1) is 81.3 Å². The van der Waals surface area contributed by atoms with Crippen molar-refractivity contribution in [2.45, 2.75) is 219 Å². The first-order valence-corrected chi connectivity index (χ1v) is 31.5. The smallest absolute Gasteiger partial charge is 0.410 e. The lowest BCUT2D eigenvalue weighted by Crippen LogP contribution is -2.51. The van der Waals surface area contributed by atoms with Crippen molar-refractivity contribution in [3.8, 4) is 0 Å². The zero-order chi connectivity index (χ0) is 49.7. The number of benzene rings is 1. The number of aliphatic hydroxyl groups excluding tert-OH is 2. The summed E-state index contributed by atoms with van der Waals surface area (Å²) >= 11 is 0. The fourth-order valence-corrected chi connectivity index (χ4v) is 20.4. The third-order valence-corrected chi connectivity index (χ3v) is 22.5. The molecule has 1 amide bonds. The quantitative estimate of drug-likeness (QED) is 0.131. The summed E-state index contributed by atoms with van der Waals surface area (Å²) in [4.78, 5) is 16.9. The van der Waals surface area contributed by atoms with Gasteiger partial charge in [0.1, 0.15) is 6.10 Å². The Kier molecular flexibility index (Phi) is 18.1. The maximum Gasteiger partial charge on any atom is 0.410 e. The average Bonchev–Trinajstić information content (AvgIpc) is 3.73. The van der Waals surface area contributed by atoms with E-state index in [1.807, 2.05) is 30.3 Å². The molecule has 0 radical (unpaired) electrons. The molecule has 14 aliphatic carbocycles. The lowest BCUT2D eigenvalue weighted by molar-refractivity contribution is -0.0628. The van der Waals surface area contributed by atoms with Crippen LogP contribution < -0.4 is 10.6 Å². The number of hydrogen-bond donors (Lipinski definition) is 4. The third-order valence-electron chi connectivity index (χ3n) is 22.5. The molecule has 4 N–H and O–H groups in total. The second kappa shape index (κ2) is 24.3. The van der Waals surface area contributed by atoms with E-state index in [1.54, 1.807) is 0 Å². The zero-order valence-corrected chi connectivity index (χ0v) is 46.2. The summed E-state index contributed by atoms with van der Waals surface area (Å²) < 4.78 is 5.81. The summed E-state index contributed by atoms with van der Waals surface area (Å²) in [6, 6.07) is 10.0. The van der Waals surface area contributed by atoms with Gasteiger partial charge in [-0.25, -0.2) is 4.79 Å². The Labute approximate surface area is 439 Å². The predicted octanol–water partition coefficient (Wildman–Crippen LogP) is 13.2. The maximum atomic E-state index is 12.5. The number of nitrogens with one attached hydrogen (secondary N) is 2. The van der Waals surface area contributed by atoms with Crippen LogP contribution in [0.5, 0.6) is 0 Å². The molecular formula is C64H106N4O4. The molecule has 0 unspecified atom stereocenters. The highest BCUT2D eigenvalue weighted by molar-refractivity contribution is 5.70. The van der Waals surface area contributed by atoms with Crippen molar-refractivity contribution in [3.63, 3.8) is 0 Å². The zero-order valence-electron chi connectivity index (χ0n) is 46.2. The van der Waals surface area contributed by atoms with Gasteiger partial charge in [-0.05, 0) is 248 Å². The minimum Gasteiger partial charge on any atom is -0.444 e. The van der Waals surface area contributed by atoms with E-state index >= 15 is 0 Å². The molecule has 1 aromatic carbocycles. The Morgan fingerprint density at radius 3 is 1.39 bits per heavy atom. The first kappa shape index (κ1) is 53.7. The minimum atomic E-state index is -0.375. The fourth-order valence-electron chi connectivity index (χ4n) is 20.4. The molecule has 3 atom stereocenters. The van der Waals surface area contributed by atoms with Gasteiger partial charge in [0.25, 0.3) is 0 Å². The van der Waals surface area contributed by atoms with Crippen LogP contribution in [0.4, 0.5) is 4.79 Å². The molecule has 1 aliphatic heterocycles. The Morgan fingerprint density at radius 2 is 0.972 bits per heavy atom.